The van der Waals surface area contributed by atoms with E-state index in [0.717, 1.165) is 23.7 Å². The van der Waals surface area contributed by atoms with E-state index in [-0.39, 0.29) is 47.6 Å². The van der Waals surface area contributed by atoms with Crippen molar-refractivity contribution in [3.63, 3.8) is 0 Å². The van der Waals surface area contributed by atoms with Crippen LogP contribution in [0.1, 0.15) is 79.8 Å². The number of nitrogens with two attached hydrogens (primary N) is 4. The van der Waals surface area contributed by atoms with Crippen LogP contribution in [-0.2, 0) is 25.7 Å². The van der Waals surface area contributed by atoms with Gasteiger partial charge in [-0.05, 0) is 86.2 Å². The van der Waals surface area contributed by atoms with Gasteiger partial charge in [-0.2, -0.15) is 0 Å². The summed E-state index contributed by atoms with van der Waals surface area (Å²) in [6.45, 7) is 2.70. The van der Waals surface area contributed by atoms with Crippen molar-refractivity contribution in [3.05, 3.63) is 76.2 Å². The van der Waals surface area contributed by atoms with E-state index in [1.807, 2.05) is 37.3 Å². The molecular formula is C36H49N9O6S. The van der Waals surface area contributed by atoms with Crippen LogP contribution >= 0.6 is 11.8 Å². The number of primary amides is 1. The van der Waals surface area contributed by atoms with Crippen molar-refractivity contribution in [2.24, 2.45) is 27.9 Å². The van der Waals surface area contributed by atoms with Crippen LogP contribution in [0.25, 0.3) is 6.08 Å². The molecule has 0 unspecified atom stereocenters. The maximum absolute atomic E-state index is 13.6. The highest BCUT2D eigenvalue weighted by molar-refractivity contribution is 8.18. The summed E-state index contributed by atoms with van der Waals surface area (Å²) in [7, 11) is 0. The Kier molecular flexibility index (Phi) is 16.8. The van der Waals surface area contributed by atoms with Crippen molar-refractivity contribution >= 4 is 58.6 Å². The summed E-state index contributed by atoms with van der Waals surface area (Å²) in [6, 6.07) is 12.6. The van der Waals surface area contributed by atoms with Gasteiger partial charge in [0.1, 0.15) is 18.1 Å². The minimum Gasteiger partial charge on any atom is -0.370 e. The van der Waals surface area contributed by atoms with Crippen LogP contribution in [0, 0.1) is 0 Å². The first kappa shape index (κ1) is 41.2. The fraction of sp³-hybridized carbons (Fsp3) is 0.417. The van der Waals surface area contributed by atoms with Gasteiger partial charge in [-0.25, -0.2) is 0 Å². The summed E-state index contributed by atoms with van der Waals surface area (Å²) >= 11 is 0.846. The summed E-state index contributed by atoms with van der Waals surface area (Å²) in [4.78, 5) is 83.3. The number of carbonyl (C=O) groups is 6. The molecule has 15 nitrogen and oxygen atoms in total. The molecule has 1 aliphatic rings. The van der Waals surface area contributed by atoms with Crippen molar-refractivity contribution in [3.8, 4) is 0 Å². The van der Waals surface area contributed by atoms with Crippen LogP contribution in [0.4, 0.5) is 4.79 Å². The van der Waals surface area contributed by atoms with Gasteiger partial charge in [0, 0.05) is 12.1 Å². The van der Waals surface area contributed by atoms with Gasteiger partial charge in [0.05, 0.1) is 11.4 Å². The van der Waals surface area contributed by atoms with Crippen LogP contribution in [0.5, 0.6) is 0 Å². The van der Waals surface area contributed by atoms with E-state index in [9.17, 15) is 28.8 Å². The first-order valence-corrected chi connectivity index (χ1v) is 18.1. The molecule has 0 spiro atoms. The average Bonchev–Trinajstić information content (AvgIpc) is 3.38. The lowest BCUT2D eigenvalue weighted by atomic mass is 10.0. The summed E-state index contributed by atoms with van der Waals surface area (Å²) in [5.41, 5.74) is 23.7. The number of benzene rings is 2. The fourth-order valence-electron chi connectivity index (χ4n) is 5.30. The quantitative estimate of drug-likeness (QED) is 0.0424. The van der Waals surface area contributed by atoms with Crippen molar-refractivity contribution in [2.75, 3.05) is 13.1 Å². The zero-order valence-corrected chi connectivity index (χ0v) is 30.2. The van der Waals surface area contributed by atoms with E-state index in [0.29, 0.717) is 44.2 Å². The predicted octanol–water partition coefficient (Wildman–Crippen LogP) is 1.85. The molecular weight excluding hydrogens is 687 g/mol. The smallest absolute Gasteiger partial charge is 0.293 e. The third-order valence-electron chi connectivity index (χ3n) is 8.18. The number of hydrogen-bond donors (Lipinski definition) is 7. The Morgan fingerprint density at radius 1 is 0.808 bits per heavy atom. The SMILES string of the molecule is CCCC[C@H](NC(=O)[C@H](CCCN=C(N)N)NC(=O)[C@H](CCCCN)NC(=O)c1ccc(/C=C2\SC(=O)N(Cc3ccccc3)C2=O)cc1)C(N)=O. The summed E-state index contributed by atoms with van der Waals surface area (Å²) in [6.07, 6.45) is 5.23. The van der Waals surface area contributed by atoms with Crippen LogP contribution in [0.3, 0.4) is 0 Å². The topological polar surface area (TPSA) is 258 Å². The highest BCUT2D eigenvalue weighted by Gasteiger charge is 2.35. The molecule has 0 bridgehead atoms. The van der Waals surface area contributed by atoms with E-state index < -0.39 is 47.7 Å². The van der Waals surface area contributed by atoms with Crippen LogP contribution in [0.15, 0.2) is 64.5 Å². The van der Waals surface area contributed by atoms with E-state index in [2.05, 4.69) is 20.9 Å². The number of nitrogens with zero attached hydrogens (tertiary/aromatic N) is 2. The van der Waals surface area contributed by atoms with Crippen LogP contribution in [-0.4, -0.2) is 76.8 Å². The minimum atomic E-state index is -1.07. The van der Waals surface area contributed by atoms with Gasteiger partial charge < -0.3 is 38.9 Å². The van der Waals surface area contributed by atoms with Gasteiger partial charge in [0.25, 0.3) is 17.1 Å². The Morgan fingerprint density at radius 3 is 2.04 bits per heavy atom. The maximum Gasteiger partial charge on any atom is 0.293 e. The summed E-state index contributed by atoms with van der Waals surface area (Å²) < 4.78 is 0. The van der Waals surface area contributed by atoms with Gasteiger partial charge in [-0.15, -0.1) is 0 Å². The molecule has 280 valence electrons. The Balaban J connectivity index is 1.72. The van der Waals surface area contributed by atoms with Gasteiger partial charge in [0.2, 0.25) is 17.7 Å². The standard InChI is InChI=1S/C36H49N9O6S/c1-2-3-12-26(30(38)46)42-32(48)28(14-9-20-41-35(39)40)44-33(49)27(13-7-8-19-37)43-31(47)25-17-15-23(16-18-25)21-29-34(50)45(36(51)52-29)22-24-10-5-4-6-11-24/h4-6,10-11,15-18,21,26-28H,2-3,7-9,12-14,19-20,22,37H2,1H3,(H2,38,46)(H,42,48)(H,43,47)(H,44,49)(H4,39,40,41)/b29-21-/t26-,27-,28-/m0/s1. The van der Waals surface area contributed by atoms with Crippen molar-refractivity contribution < 1.29 is 28.8 Å². The lowest BCUT2D eigenvalue weighted by molar-refractivity contribution is -0.132. The number of unbranched alkanes of at least 4 members (excludes halogenated alkanes) is 2. The summed E-state index contributed by atoms with van der Waals surface area (Å²) in [5.74, 6) is -2.94. The molecule has 2 aromatic carbocycles. The average molecular weight is 736 g/mol. The molecule has 2 aromatic rings. The van der Waals surface area contributed by atoms with Crippen molar-refractivity contribution in [1.82, 2.24) is 20.9 Å². The molecule has 1 fully saturated rings. The number of guanidine groups is 1. The molecule has 6 amide bonds. The zero-order chi connectivity index (χ0) is 38.0. The third-order valence-corrected chi connectivity index (χ3v) is 9.09. The lowest BCUT2D eigenvalue weighted by Gasteiger charge is -2.25. The molecule has 1 aliphatic heterocycles. The number of thioether (sulfide) groups is 1. The van der Waals surface area contributed by atoms with E-state index >= 15 is 0 Å². The first-order valence-electron chi connectivity index (χ1n) is 17.3. The zero-order valence-electron chi connectivity index (χ0n) is 29.3. The normalized spacial score (nSPS) is 15.1. The number of imide groups is 1. The van der Waals surface area contributed by atoms with Gasteiger partial charge >= 0.3 is 0 Å². The van der Waals surface area contributed by atoms with Crippen molar-refractivity contribution in [1.29, 1.82) is 0 Å². The molecule has 16 heteroatoms. The number of amides is 6. The molecule has 11 N–H and O–H groups in total. The molecule has 1 saturated heterocycles. The van der Waals surface area contributed by atoms with Crippen LogP contribution in [0.2, 0.25) is 0 Å². The molecule has 0 aromatic heterocycles. The Labute approximate surface area is 307 Å². The number of carbonyl (C=O) groups excluding carboxylic acids is 6. The highest BCUT2D eigenvalue weighted by atomic mass is 32.2. The lowest BCUT2D eigenvalue weighted by Crippen LogP contribution is -2.56. The highest BCUT2D eigenvalue weighted by Crippen LogP contribution is 2.33. The molecule has 3 atom stereocenters. The molecule has 0 saturated carbocycles. The monoisotopic (exact) mass is 735 g/mol. The van der Waals surface area contributed by atoms with E-state index in [4.69, 9.17) is 22.9 Å². The number of rotatable bonds is 21. The Morgan fingerprint density at radius 2 is 1.42 bits per heavy atom. The number of hydrogen-bond acceptors (Lipinski definition) is 9. The predicted molar refractivity (Wildman–Crippen MR) is 201 cm³/mol. The Hall–Kier alpha value is -5.22. The van der Waals surface area contributed by atoms with Crippen LogP contribution < -0.4 is 38.9 Å². The van der Waals surface area contributed by atoms with Gasteiger partial charge in [-0.1, -0.05) is 62.2 Å². The fourth-order valence-corrected chi connectivity index (χ4v) is 6.14. The maximum atomic E-state index is 13.6. The van der Waals surface area contributed by atoms with Gasteiger partial charge in [-0.3, -0.25) is 38.7 Å². The molecule has 3 rings (SSSR count). The molecule has 52 heavy (non-hydrogen) atoms. The Bertz CT molecular complexity index is 1610. The number of aliphatic imine (C=N–C) groups is 1. The first-order chi connectivity index (χ1) is 24.9. The largest absolute Gasteiger partial charge is 0.370 e. The second kappa shape index (κ2) is 21.2. The van der Waals surface area contributed by atoms with E-state index in [1.165, 1.54) is 4.90 Å². The second-order valence-electron chi connectivity index (χ2n) is 12.3. The third kappa shape index (κ3) is 13.2. The van der Waals surface area contributed by atoms with E-state index in [1.54, 1.807) is 30.3 Å². The van der Waals surface area contributed by atoms with Gasteiger partial charge in [0.15, 0.2) is 5.96 Å². The minimum absolute atomic E-state index is 0.114. The molecule has 0 radical (unpaired) electrons. The molecule has 1 heterocycles. The molecule has 0 aliphatic carbocycles. The van der Waals surface area contributed by atoms with Crippen molar-refractivity contribution in [2.45, 2.75) is 83.0 Å². The second-order valence-corrected chi connectivity index (χ2v) is 13.3. The number of nitrogens with one attached hydrogen (secondary N) is 3. The summed E-state index contributed by atoms with van der Waals surface area (Å²) in [5, 5.41) is 7.77.